The molecule has 0 aliphatic carbocycles. The van der Waals surface area contributed by atoms with Crippen LogP contribution >= 0.6 is 11.6 Å². The Morgan fingerprint density at radius 3 is 2.60 bits per heavy atom. The van der Waals surface area contributed by atoms with Gasteiger partial charge in [0.2, 0.25) is 0 Å². The van der Waals surface area contributed by atoms with Crippen LogP contribution in [0.15, 0.2) is 54.7 Å². The number of halogens is 1. The third kappa shape index (κ3) is 6.31. The lowest BCUT2D eigenvalue weighted by atomic mass is 10.1. The van der Waals surface area contributed by atoms with Gasteiger partial charge >= 0.3 is 12.0 Å². The Labute approximate surface area is 151 Å². The van der Waals surface area contributed by atoms with Crippen molar-refractivity contribution >= 4 is 29.7 Å². The van der Waals surface area contributed by atoms with Gasteiger partial charge in [-0.3, -0.25) is 0 Å². The Hall–Kier alpha value is -2.79. The molecule has 0 heterocycles. The molecule has 0 spiro atoms. The average Bonchev–Trinajstić information content (AvgIpc) is 2.61. The minimum absolute atomic E-state index is 0.326. The molecular formula is C19H19ClN2O3. The van der Waals surface area contributed by atoms with Gasteiger partial charge in [0.1, 0.15) is 0 Å². The van der Waals surface area contributed by atoms with Crippen LogP contribution in [0.5, 0.6) is 0 Å². The Balaban J connectivity index is 1.78. The van der Waals surface area contributed by atoms with Crippen LogP contribution in [0.4, 0.5) is 4.79 Å². The molecule has 0 fully saturated rings. The predicted molar refractivity (Wildman–Crippen MR) is 98.3 cm³/mol. The van der Waals surface area contributed by atoms with E-state index >= 15 is 0 Å². The molecule has 6 heteroatoms. The van der Waals surface area contributed by atoms with Gasteiger partial charge in [0, 0.05) is 17.8 Å². The molecule has 0 saturated heterocycles. The quantitative estimate of drug-likeness (QED) is 0.767. The van der Waals surface area contributed by atoms with E-state index in [9.17, 15) is 9.59 Å². The van der Waals surface area contributed by atoms with Gasteiger partial charge in [-0.15, -0.1) is 0 Å². The summed E-state index contributed by atoms with van der Waals surface area (Å²) in [7, 11) is 0. The van der Waals surface area contributed by atoms with E-state index in [2.05, 4.69) is 10.6 Å². The first-order valence-corrected chi connectivity index (χ1v) is 8.19. The highest BCUT2D eigenvalue weighted by molar-refractivity contribution is 6.30. The second-order valence-corrected chi connectivity index (χ2v) is 5.57. The van der Waals surface area contributed by atoms with E-state index in [0.717, 1.165) is 11.1 Å². The van der Waals surface area contributed by atoms with Crippen molar-refractivity contribution in [2.75, 3.05) is 6.61 Å². The summed E-state index contributed by atoms with van der Waals surface area (Å²) >= 11 is 5.89. The van der Waals surface area contributed by atoms with E-state index in [0.29, 0.717) is 23.7 Å². The number of ether oxygens (including phenoxy) is 1. The molecule has 2 N–H and O–H groups in total. The molecule has 2 aromatic carbocycles. The van der Waals surface area contributed by atoms with E-state index < -0.39 is 0 Å². The van der Waals surface area contributed by atoms with Crippen molar-refractivity contribution in [3.8, 4) is 0 Å². The lowest BCUT2D eigenvalue weighted by Crippen LogP contribution is -2.31. The Morgan fingerprint density at radius 2 is 1.92 bits per heavy atom. The summed E-state index contributed by atoms with van der Waals surface area (Å²) in [6.45, 7) is 2.45. The zero-order chi connectivity index (χ0) is 18.1. The van der Waals surface area contributed by atoms with Crippen LogP contribution in [0.2, 0.25) is 5.02 Å². The summed E-state index contributed by atoms with van der Waals surface area (Å²) in [6.07, 6.45) is 3.30. The largest absolute Gasteiger partial charge is 0.462 e. The Morgan fingerprint density at radius 1 is 1.16 bits per heavy atom. The second-order valence-electron chi connectivity index (χ2n) is 5.13. The minimum Gasteiger partial charge on any atom is -0.462 e. The van der Waals surface area contributed by atoms with Gasteiger partial charge in [-0.25, -0.2) is 9.59 Å². The zero-order valence-electron chi connectivity index (χ0n) is 13.8. The Bertz CT molecular complexity index is 758. The van der Waals surface area contributed by atoms with Crippen LogP contribution in [0.3, 0.4) is 0 Å². The van der Waals surface area contributed by atoms with Gasteiger partial charge in [0.05, 0.1) is 12.2 Å². The summed E-state index contributed by atoms with van der Waals surface area (Å²) in [5, 5.41) is 5.98. The van der Waals surface area contributed by atoms with E-state index in [-0.39, 0.29) is 12.0 Å². The van der Waals surface area contributed by atoms with Crippen molar-refractivity contribution in [2.45, 2.75) is 13.5 Å². The predicted octanol–water partition coefficient (Wildman–Crippen LogP) is 3.99. The molecule has 0 saturated carbocycles. The third-order valence-electron chi connectivity index (χ3n) is 3.26. The number of rotatable bonds is 6. The fraction of sp³-hybridized carbons (Fsp3) is 0.158. The first-order chi connectivity index (χ1) is 12.1. The van der Waals surface area contributed by atoms with Crippen molar-refractivity contribution in [1.82, 2.24) is 10.6 Å². The molecule has 5 nitrogen and oxygen atoms in total. The monoisotopic (exact) mass is 358 g/mol. The van der Waals surface area contributed by atoms with Crippen molar-refractivity contribution < 1.29 is 14.3 Å². The number of hydrogen-bond acceptors (Lipinski definition) is 3. The second kappa shape index (κ2) is 9.49. The number of benzene rings is 2. The summed E-state index contributed by atoms with van der Waals surface area (Å²) in [5.74, 6) is -0.356. The van der Waals surface area contributed by atoms with Crippen LogP contribution in [-0.2, 0) is 11.3 Å². The standard InChI is InChI=1S/C19H19ClN2O3/c1-2-25-18(23)16-8-6-15(7-9-16)13-22-19(24)21-11-10-14-4-3-5-17(20)12-14/h3-12H,2,13H2,1H3,(H2,21,22,24)/b11-10+. The summed E-state index contributed by atoms with van der Waals surface area (Å²) in [5.41, 5.74) is 2.25. The maximum Gasteiger partial charge on any atom is 0.338 e. The van der Waals surface area contributed by atoms with Gasteiger partial charge in [-0.05, 0) is 48.4 Å². The topological polar surface area (TPSA) is 67.4 Å². The molecule has 0 aromatic heterocycles. The van der Waals surface area contributed by atoms with Crippen molar-refractivity contribution in [1.29, 1.82) is 0 Å². The number of esters is 1. The van der Waals surface area contributed by atoms with Gasteiger partial charge in [-0.1, -0.05) is 35.9 Å². The van der Waals surface area contributed by atoms with Crippen LogP contribution in [0, 0.1) is 0 Å². The highest BCUT2D eigenvalue weighted by Crippen LogP contribution is 2.11. The zero-order valence-corrected chi connectivity index (χ0v) is 14.5. The lowest BCUT2D eigenvalue weighted by Gasteiger charge is -2.06. The summed E-state index contributed by atoms with van der Waals surface area (Å²) in [6, 6.07) is 13.9. The maximum atomic E-state index is 11.8. The normalized spacial score (nSPS) is 10.5. The van der Waals surface area contributed by atoms with Crippen LogP contribution < -0.4 is 10.6 Å². The number of amides is 2. The van der Waals surface area contributed by atoms with E-state index in [1.165, 1.54) is 0 Å². The molecule has 0 unspecified atom stereocenters. The SMILES string of the molecule is CCOC(=O)c1ccc(CNC(=O)N/C=C/c2cccc(Cl)c2)cc1. The van der Waals surface area contributed by atoms with Gasteiger partial charge in [-0.2, -0.15) is 0 Å². The number of carbonyl (C=O) groups excluding carboxylic acids is 2. The summed E-state index contributed by atoms with van der Waals surface area (Å²) in [4.78, 5) is 23.3. The molecule has 25 heavy (non-hydrogen) atoms. The van der Waals surface area contributed by atoms with Crippen LogP contribution in [-0.4, -0.2) is 18.6 Å². The number of urea groups is 1. The molecule has 2 aromatic rings. The first kappa shape index (κ1) is 18.5. The average molecular weight is 359 g/mol. The molecule has 130 valence electrons. The van der Waals surface area contributed by atoms with Crippen LogP contribution in [0.25, 0.3) is 6.08 Å². The number of nitrogens with one attached hydrogen (secondary N) is 2. The van der Waals surface area contributed by atoms with E-state index in [1.54, 1.807) is 55.6 Å². The highest BCUT2D eigenvalue weighted by atomic mass is 35.5. The smallest absolute Gasteiger partial charge is 0.338 e. The number of carbonyl (C=O) groups is 2. The van der Waals surface area contributed by atoms with Crippen molar-refractivity contribution in [3.05, 3.63) is 76.4 Å². The maximum absolute atomic E-state index is 11.8. The van der Waals surface area contributed by atoms with Gasteiger partial charge < -0.3 is 15.4 Å². The molecule has 0 aliphatic rings. The molecule has 0 aliphatic heterocycles. The van der Waals surface area contributed by atoms with Crippen molar-refractivity contribution in [3.63, 3.8) is 0 Å². The first-order valence-electron chi connectivity index (χ1n) is 7.81. The fourth-order valence-electron chi connectivity index (χ4n) is 2.03. The Kier molecular flexibility index (Phi) is 7.04. The molecule has 0 radical (unpaired) electrons. The molecular weight excluding hydrogens is 340 g/mol. The van der Waals surface area contributed by atoms with Crippen LogP contribution in [0.1, 0.15) is 28.4 Å². The molecule has 0 bridgehead atoms. The summed E-state index contributed by atoms with van der Waals surface area (Å²) < 4.78 is 4.92. The van der Waals surface area contributed by atoms with E-state index in [1.807, 2.05) is 12.1 Å². The highest BCUT2D eigenvalue weighted by Gasteiger charge is 2.05. The molecule has 2 rings (SSSR count). The molecule has 0 atom stereocenters. The fourth-order valence-corrected chi connectivity index (χ4v) is 2.23. The lowest BCUT2D eigenvalue weighted by molar-refractivity contribution is 0.0526. The third-order valence-corrected chi connectivity index (χ3v) is 3.49. The van der Waals surface area contributed by atoms with Crippen molar-refractivity contribution in [2.24, 2.45) is 0 Å². The van der Waals surface area contributed by atoms with Gasteiger partial charge in [0.25, 0.3) is 0 Å². The minimum atomic E-state index is -0.356. The number of hydrogen-bond donors (Lipinski definition) is 2. The van der Waals surface area contributed by atoms with E-state index in [4.69, 9.17) is 16.3 Å². The van der Waals surface area contributed by atoms with Gasteiger partial charge in [0.15, 0.2) is 0 Å². The molecule has 2 amide bonds.